The van der Waals surface area contributed by atoms with Crippen LogP contribution in [0.2, 0.25) is 0 Å². The molecule has 2 unspecified atom stereocenters. The van der Waals surface area contributed by atoms with Crippen LogP contribution < -0.4 is 28.6 Å². The average molecular weight is 749 g/mol. The van der Waals surface area contributed by atoms with Gasteiger partial charge >= 0.3 is 12.1 Å². The van der Waals surface area contributed by atoms with Crippen molar-refractivity contribution in [3.63, 3.8) is 0 Å². The van der Waals surface area contributed by atoms with Crippen LogP contribution in [-0.2, 0) is 17.8 Å². The van der Waals surface area contributed by atoms with Crippen LogP contribution in [0.1, 0.15) is 89.6 Å². The largest absolute Gasteiger partial charge is 0.497 e. The number of hydrogen-bond donors (Lipinski definition) is 1. The number of aliphatic hydroxyl groups excluding tert-OH is 1. The minimum Gasteiger partial charge on any atom is -0.497 e. The number of anilines is 1. The Morgan fingerprint density at radius 2 is 1.57 bits per heavy atom. The Kier molecular flexibility index (Phi) is 13.3. The van der Waals surface area contributed by atoms with Gasteiger partial charge < -0.3 is 43.3 Å². The van der Waals surface area contributed by atoms with Gasteiger partial charge in [0.25, 0.3) is 0 Å². The number of imidazole rings is 1. The second-order valence-corrected chi connectivity index (χ2v) is 14.7. The molecule has 4 aromatic rings. The van der Waals surface area contributed by atoms with Crippen LogP contribution in [0.15, 0.2) is 42.6 Å². The summed E-state index contributed by atoms with van der Waals surface area (Å²) in [5.74, 6) is 2.98. The van der Waals surface area contributed by atoms with Crippen LogP contribution in [0.25, 0.3) is 5.65 Å². The van der Waals surface area contributed by atoms with Crippen LogP contribution in [0.4, 0.5) is 10.6 Å². The van der Waals surface area contributed by atoms with Crippen molar-refractivity contribution in [1.82, 2.24) is 24.5 Å². The molecule has 294 valence electrons. The maximum atomic E-state index is 12.9. The van der Waals surface area contributed by atoms with Crippen LogP contribution >= 0.6 is 0 Å². The predicted molar refractivity (Wildman–Crippen MR) is 205 cm³/mol. The third-order valence-electron chi connectivity index (χ3n) is 9.54. The van der Waals surface area contributed by atoms with Crippen LogP contribution in [-0.4, -0.2) is 88.9 Å². The number of aliphatic hydroxyl groups is 1. The van der Waals surface area contributed by atoms with Gasteiger partial charge in [-0.1, -0.05) is 13.3 Å². The topological polar surface area (TPSA) is 142 Å². The molecule has 3 atom stereocenters. The van der Waals surface area contributed by atoms with Crippen molar-refractivity contribution in [2.75, 3.05) is 46.4 Å². The number of likely N-dealkylation sites (tertiary alicyclic amines) is 1. The molecule has 0 radical (unpaired) electrons. The lowest BCUT2D eigenvalue weighted by molar-refractivity contribution is 0.0246. The fourth-order valence-electron chi connectivity index (χ4n) is 6.74. The Morgan fingerprint density at radius 1 is 0.944 bits per heavy atom. The summed E-state index contributed by atoms with van der Waals surface area (Å²) in [5, 5.41) is 16.8. The van der Waals surface area contributed by atoms with Gasteiger partial charge in [-0.25, -0.2) is 14.3 Å². The maximum absolute atomic E-state index is 12.9. The third-order valence-corrected chi connectivity index (χ3v) is 9.54. The van der Waals surface area contributed by atoms with E-state index in [1.54, 1.807) is 44.1 Å². The van der Waals surface area contributed by atoms with Crippen molar-refractivity contribution in [2.24, 2.45) is 5.92 Å². The van der Waals surface area contributed by atoms with Crippen molar-refractivity contribution >= 4 is 17.6 Å². The fraction of sp³-hybridized carbons (Fsp3) is 0.550. The van der Waals surface area contributed by atoms with Crippen molar-refractivity contribution in [1.29, 1.82) is 0 Å². The zero-order chi connectivity index (χ0) is 39.0. The molecule has 1 saturated heterocycles. The molecule has 14 nitrogen and oxygen atoms in total. The summed E-state index contributed by atoms with van der Waals surface area (Å²) in [6, 6.07) is 11.6. The van der Waals surface area contributed by atoms with E-state index in [4.69, 9.17) is 43.5 Å². The minimum absolute atomic E-state index is 0.151. The molecule has 2 aromatic carbocycles. The van der Waals surface area contributed by atoms with Crippen LogP contribution in [0.3, 0.4) is 0 Å². The van der Waals surface area contributed by atoms with Gasteiger partial charge in [0.05, 0.1) is 46.4 Å². The molecule has 0 spiro atoms. The molecule has 0 bridgehead atoms. The lowest BCUT2D eigenvalue weighted by atomic mass is 9.92. The zero-order valence-corrected chi connectivity index (χ0v) is 33.1. The number of rotatable bonds is 15. The molecule has 5 rings (SSSR count). The number of hydrogen-bond acceptors (Lipinski definition) is 12. The molecular formula is C40H56N6O8. The first kappa shape index (κ1) is 40.2. The summed E-state index contributed by atoms with van der Waals surface area (Å²) in [7, 11) is 6.49. The Morgan fingerprint density at radius 3 is 2.13 bits per heavy atom. The zero-order valence-electron chi connectivity index (χ0n) is 33.1. The highest BCUT2D eigenvalue weighted by Crippen LogP contribution is 2.36. The highest BCUT2D eigenvalue weighted by molar-refractivity contribution is 5.68. The first-order valence-electron chi connectivity index (χ1n) is 18.6. The number of carbonyl (C=O) groups excluding carboxylic acids is 1. The summed E-state index contributed by atoms with van der Waals surface area (Å²) in [6.45, 7) is 11.4. The van der Waals surface area contributed by atoms with E-state index >= 15 is 0 Å². The van der Waals surface area contributed by atoms with E-state index in [1.807, 2.05) is 64.1 Å². The van der Waals surface area contributed by atoms with Gasteiger partial charge in [0.15, 0.2) is 11.5 Å². The van der Waals surface area contributed by atoms with Crippen molar-refractivity contribution in [3.05, 3.63) is 59.4 Å². The Hall–Kier alpha value is -4.98. The Balaban J connectivity index is 1.58. The smallest absolute Gasteiger partial charge is 0.410 e. The maximum Gasteiger partial charge on any atom is 0.410 e. The molecule has 2 aromatic heterocycles. The van der Waals surface area contributed by atoms with E-state index in [1.165, 1.54) is 0 Å². The fourth-order valence-corrected chi connectivity index (χ4v) is 6.74. The van der Waals surface area contributed by atoms with Gasteiger partial charge in [-0.15, -0.1) is 5.10 Å². The summed E-state index contributed by atoms with van der Waals surface area (Å²) in [5.41, 5.74) is 2.13. The number of nitrogens with zero attached hydrogens (tertiary/aromatic N) is 6. The number of ether oxygens (including phenoxy) is 6. The number of aromatic nitrogens is 4. The van der Waals surface area contributed by atoms with E-state index in [2.05, 4.69) is 11.8 Å². The van der Waals surface area contributed by atoms with E-state index in [-0.39, 0.29) is 24.1 Å². The lowest BCUT2D eigenvalue weighted by Crippen LogP contribution is -2.37. The first-order chi connectivity index (χ1) is 25.9. The van der Waals surface area contributed by atoms with Gasteiger partial charge in [-0.2, -0.15) is 4.98 Å². The molecule has 1 aliphatic heterocycles. The standard InChI is InChI=1S/C40H56N6O8/c1-10-12-26(2)53-38-42-37(36-41-23-32(46(36)43-38)35(47)27-13-11-19-44(20-18-27)39(48)54-40(3,4)5)45(24-28-14-16-30(49-6)21-33(28)51-8)25-29-15-17-31(50-7)22-34(29)52-9/h14-17,21-23,26-27,35,47H,10-13,18-20,24-25H2,1-9H3/t26-,27?,35?/m0/s1. The number of benzene rings is 2. The Labute approximate surface area is 318 Å². The third kappa shape index (κ3) is 9.76. The normalized spacial score (nSPS) is 16.0. The van der Waals surface area contributed by atoms with Gasteiger partial charge in [-0.05, 0) is 83.6 Å². The van der Waals surface area contributed by atoms with E-state index < -0.39 is 11.7 Å². The van der Waals surface area contributed by atoms with Gasteiger partial charge in [0.1, 0.15) is 34.7 Å². The van der Waals surface area contributed by atoms with Gasteiger partial charge in [-0.3, -0.25) is 0 Å². The molecule has 1 amide bonds. The second kappa shape index (κ2) is 17.9. The van der Waals surface area contributed by atoms with Gasteiger partial charge in [0, 0.05) is 49.4 Å². The molecule has 0 saturated carbocycles. The predicted octanol–water partition coefficient (Wildman–Crippen LogP) is 7.00. The minimum atomic E-state index is -0.918. The SMILES string of the molecule is CCC[C@H](C)Oc1nc(N(Cc2ccc(OC)cc2OC)Cc2ccc(OC)cc2OC)c2ncc(C(O)C3CCCN(C(=O)OC(C)(C)C)CC3)n2n1. The van der Waals surface area contributed by atoms with E-state index in [9.17, 15) is 9.90 Å². The molecule has 0 aliphatic carbocycles. The molecule has 14 heteroatoms. The van der Waals surface area contributed by atoms with Crippen LogP contribution in [0.5, 0.6) is 29.0 Å². The summed E-state index contributed by atoms with van der Waals surface area (Å²) in [6.07, 6.45) is 4.00. The van der Waals surface area contributed by atoms with Crippen LogP contribution in [0, 0.1) is 5.92 Å². The number of amides is 1. The number of carbonyl (C=O) groups is 1. The number of fused-ring (bicyclic) bond motifs is 1. The molecular weight excluding hydrogens is 692 g/mol. The number of methoxy groups -OCH3 is 4. The summed E-state index contributed by atoms with van der Waals surface area (Å²) < 4.78 is 36.2. The molecule has 54 heavy (non-hydrogen) atoms. The highest BCUT2D eigenvalue weighted by atomic mass is 16.6. The van der Waals surface area contributed by atoms with E-state index in [0.717, 1.165) is 30.4 Å². The Bertz CT molecular complexity index is 1800. The molecule has 1 fully saturated rings. The second-order valence-electron chi connectivity index (χ2n) is 14.7. The molecule has 1 aliphatic rings. The van der Waals surface area contributed by atoms with Crippen molar-refractivity contribution in [3.8, 4) is 29.0 Å². The van der Waals surface area contributed by atoms with E-state index in [0.29, 0.717) is 79.2 Å². The average Bonchev–Trinajstić information content (AvgIpc) is 3.41. The summed E-state index contributed by atoms with van der Waals surface area (Å²) >= 11 is 0. The van der Waals surface area contributed by atoms with Crippen molar-refractivity contribution < 1.29 is 38.3 Å². The lowest BCUT2D eigenvalue weighted by Gasteiger charge is -2.27. The van der Waals surface area contributed by atoms with Crippen molar-refractivity contribution in [2.45, 2.75) is 97.6 Å². The molecule has 3 heterocycles. The quantitative estimate of drug-likeness (QED) is 0.134. The summed E-state index contributed by atoms with van der Waals surface area (Å²) in [4.78, 5) is 26.5. The first-order valence-corrected chi connectivity index (χ1v) is 18.6. The highest BCUT2D eigenvalue weighted by Gasteiger charge is 2.32. The van der Waals surface area contributed by atoms with Gasteiger partial charge in [0.2, 0.25) is 0 Å². The monoisotopic (exact) mass is 748 g/mol. The molecule has 1 N–H and O–H groups in total.